The Balaban J connectivity index is 1.16. The first-order valence-corrected chi connectivity index (χ1v) is 20.1. The molecular weight excluding hydrogens is 717 g/mol. The molecule has 12 rings (SSSR count). The van der Waals surface area contributed by atoms with Gasteiger partial charge in [-0.3, -0.25) is 0 Å². The number of hydrogen-bond donors (Lipinski definition) is 0. The van der Waals surface area contributed by atoms with Crippen molar-refractivity contribution in [3.05, 3.63) is 219 Å². The monoisotopic (exact) mass is 752 g/mol. The number of nitrogens with zero attached hydrogens (tertiary/aromatic N) is 4. The van der Waals surface area contributed by atoms with Gasteiger partial charge in [-0.25, -0.2) is 4.98 Å². The van der Waals surface area contributed by atoms with Gasteiger partial charge in [-0.15, -0.1) is 0 Å². The highest BCUT2D eigenvalue weighted by Gasteiger charge is 2.22. The summed E-state index contributed by atoms with van der Waals surface area (Å²) in [6.07, 6.45) is 2.19. The van der Waals surface area contributed by atoms with Crippen LogP contribution in [-0.4, -0.2) is 18.7 Å². The lowest BCUT2D eigenvalue weighted by atomic mass is 10.00. The summed E-state index contributed by atoms with van der Waals surface area (Å²) in [7, 11) is 0. The van der Waals surface area contributed by atoms with Crippen LogP contribution in [0.15, 0.2) is 219 Å². The molecule has 0 aliphatic rings. The van der Waals surface area contributed by atoms with E-state index in [2.05, 4.69) is 232 Å². The Morgan fingerprint density at radius 3 is 1.71 bits per heavy atom. The van der Waals surface area contributed by atoms with Gasteiger partial charge < -0.3 is 13.7 Å². The Kier molecular flexibility index (Phi) is 7.50. The molecule has 4 heteroatoms. The third-order valence-corrected chi connectivity index (χ3v) is 11.8. The quantitative estimate of drug-likeness (QED) is 0.166. The van der Waals surface area contributed by atoms with Gasteiger partial charge in [0.2, 0.25) is 0 Å². The van der Waals surface area contributed by atoms with Crippen LogP contribution in [0.25, 0.3) is 105 Å². The van der Waals surface area contributed by atoms with E-state index in [1.54, 1.807) is 0 Å². The van der Waals surface area contributed by atoms with Gasteiger partial charge in [0, 0.05) is 61.3 Å². The van der Waals surface area contributed by atoms with Gasteiger partial charge in [-0.1, -0.05) is 133 Å². The fourth-order valence-electron chi connectivity index (χ4n) is 9.16. The van der Waals surface area contributed by atoms with Gasteiger partial charge in [0.1, 0.15) is 0 Å². The highest BCUT2D eigenvalue weighted by Crippen LogP contribution is 2.44. The molecule has 0 saturated carbocycles. The Morgan fingerprint density at radius 1 is 0.322 bits per heavy atom. The lowest BCUT2D eigenvalue weighted by Crippen LogP contribution is -1.97. The standard InChI is InChI=1S/C55H36N4/c1-5-16-37(17-6-1)41-33-48(38-18-7-2-8-19-38)56-49(34-41)39-20-15-25-44(32-39)59-53-35-40-30-31-57(42-21-9-3-10-22-42)52(40)36-47(53)45-28-29-51-54(55(45)59)46-26-13-14-27-50(46)58(51)43-23-11-4-12-24-43/h1-36H. The summed E-state index contributed by atoms with van der Waals surface area (Å²) in [5.74, 6) is 0. The summed E-state index contributed by atoms with van der Waals surface area (Å²) in [6, 6.07) is 76.3. The van der Waals surface area contributed by atoms with E-state index in [-0.39, 0.29) is 0 Å². The van der Waals surface area contributed by atoms with Crippen molar-refractivity contribution in [1.82, 2.24) is 18.7 Å². The number of para-hydroxylation sites is 3. The second-order valence-electron chi connectivity index (χ2n) is 15.2. The average molecular weight is 753 g/mol. The maximum absolute atomic E-state index is 5.33. The van der Waals surface area contributed by atoms with Gasteiger partial charge in [0.15, 0.2) is 0 Å². The van der Waals surface area contributed by atoms with Crippen molar-refractivity contribution in [3.8, 4) is 50.7 Å². The van der Waals surface area contributed by atoms with Gasteiger partial charge >= 0.3 is 0 Å². The fraction of sp³-hybridized carbons (Fsp3) is 0. The number of aromatic nitrogens is 4. The van der Waals surface area contributed by atoms with Crippen LogP contribution in [0.3, 0.4) is 0 Å². The maximum Gasteiger partial charge on any atom is 0.0716 e. The molecule has 0 unspecified atom stereocenters. The van der Waals surface area contributed by atoms with Crippen molar-refractivity contribution in [3.63, 3.8) is 0 Å². The summed E-state index contributed by atoms with van der Waals surface area (Å²) in [6.45, 7) is 0. The van der Waals surface area contributed by atoms with Crippen LogP contribution < -0.4 is 0 Å². The van der Waals surface area contributed by atoms with Gasteiger partial charge in [0.05, 0.1) is 39.0 Å². The van der Waals surface area contributed by atoms with Crippen molar-refractivity contribution in [2.45, 2.75) is 0 Å². The van der Waals surface area contributed by atoms with E-state index in [0.717, 1.165) is 56.2 Å². The van der Waals surface area contributed by atoms with E-state index in [1.165, 1.54) is 49.0 Å². The van der Waals surface area contributed by atoms with Gasteiger partial charge in [0.25, 0.3) is 0 Å². The molecular formula is C55H36N4. The summed E-state index contributed by atoms with van der Waals surface area (Å²) in [5, 5.41) is 6.07. The van der Waals surface area contributed by atoms with Crippen LogP contribution in [0.5, 0.6) is 0 Å². The van der Waals surface area contributed by atoms with Crippen LogP contribution in [0.2, 0.25) is 0 Å². The van der Waals surface area contributed by atoms with Crippen LogP contribution in [0, 0.1) is 0 Å². The molecule has 4 nitrogen and oxygen atoms in total. The molecule has 12 aromatic rings. The number of rotatable bonds is 6. The summed E-state index contributed by atoms with van der Waals surface area (Å²) in [4.78, 5) is 5.33. The van der Waals surface area contributed by atoms with E-state index in [4.69, 9.17) is 4.98 Å². The summed E-state index contributed by atoms with van der Waals surface area (Å²) in [5.41, 5.74) is 15.6. The van der Waals surface area contributed by atoms with Gasteiger partial charge in [-0.05, 0) is 90.0 Å². The second kappa shape index (κ2) is 13.3. The average Bonchev–Trinajstić information content (AvgIpc) is 3.99. The fourth-order valence-corrected chi connectivity index (χ4v) is 9.16. The van der Waals surface area contributed by atoms with Crippen molar-refractivity contribution < 1.29 is 0 Å². The molecule has 0 aliphatic heterocycles. The third-order valence-electron chi connectivity index (χ3n) is 11.8. The Hall–Kier alpha value is -7.95. The molecule has 0 radical (unpaired) electrons. The molecule has 0 aliphatic carbocycles. The first-order valence-electron chi connectivity index (χ1n) is 20.1. The van der Waals surface area contributed by atoms with E-state index in [0.29, 0.717) is 0 Å². The molecule has 0 amide bonds. The van der Waals surface area contributed by atoms with E-state index < -0.39 is 0 Å². The number of fused-ring (bicyclic) bond motifs is 8. The molecule has 0 spiro atoms. The molecule has 276 valence electrons. The Bertz CT molecular complexity index is 3460. The number of pyridine rings is 1. The zero-order valence-electron chi connectivity index (χ0n) is 32.1. The lowest BCUT2D eigenvalue weighted by Gasteiger charge is -2.13. The second-order valence-corrected chi connectivity index (χ2v) is 15.2. The Morgan fingerprint density at radius 2 is 0.949 bits per heavy atom. The zero-order chi connectivity index (χ0) is 38.9. The summed E-state index contributed by atoms with van der Waals surface area (Å²) >= 11 is 0. The SMILES string of the molecule is c1ccc(-c2cc(-c3ccccc3)nc(-c3cccc(-n4c5cc6ccn(-c7ccccc7)c6cc5c5ccc6c(c7ccccc7n6-c6ccccc6)c54)c3)c2)cc1. The van der Waals surface area contributed by atoms with Crippen molar-refractivity contribution in [2.75, 3.05) is 0 Å². The number of benzene rings is 8. The van der Waals surface area contributed by atoms with E-state index >= 15 is 0 Å². The lowest BCUT2D eigenvalue weighted by molar-refractivity contribution is 1.13. The molecule has 0 fully saturated rings. The molecule has 0 N–H and O–H groups in total. The molecule has 8 aromatic carbocycles. The van der Waals surface area contributed by atoms with Crippen LogP contribution in [-0.2, 0) is 0 Å². The van der Waals surface area contributed by atoms with Crippen molar-refractivity contribution >= 4 is 54.5 Å². The van der Waals surface area contributed by atoms with E-state index in [9.17, 15) is 0 Å². The minimum atomic E-state index is 0.931. The molecule has 59 heavy (non-hydrogen) atoms. The highest BCUT2D eigenvalue weighted by molar-refractivity contribution is 6.27. The third kappa shape index (κ3) is 5.34. The highest BCUT2D eigenvalue weighted by atomic mass is 15.0. The smallest absolute Gasteiger partial charge is 0.0716 e. The zero-order valence-corrected chi connectivity index (χ0v) is 32.1. The molecule has 0 atom stereocenters. The van der Waals surface area contributed by atoms with Crippen LogP contribution in [0.1, 0.15) is 0 Å². The first kappa shape index (κ1) is 33.2. The minimum Gasteiger partial charge on any atom is -0.317 e. The first-order chi connectivity index (χ1) is 29.3. The molecule has 0 saturated heterocycles. The normalized spacial score (nSPS) is 11.7. The molecule has 0 bridgehead atoms. The van der Waals surface area contributed by atoms with Crippen molar-refractivity contribution in [2.24, 2.45) is 0 Å². The van der Waals surface area contributed by atoms with Gasteiger partial charge in [-0.2, -0.15) is 0 Å². The van der Waals surface area contributed by atoms with Crippen LogP contribution >= 0.6 is 0 Å². The predicted octanol–water partition coefficient (Wildman–Crippen LogP) is 14.2. The van der Waals surface area contributed by atoms with Crippen LogP contribution in [0.4, 0.5) is 0 Å². The summed E-state index contributed by atoms with van der Waals surface area (Å²) < 4.78 is 7.21. The largest absolute Gasteiger partial charge is 0.317 e. The van der Waals surface area contributed by atoms with E-state index in [1.807, 2.05) is 0 Å². The number of hydrogen-bond acceptors (Lipinski definition) is 1. The maximum atomic E-state index is 5.33. The molecule has 4 aromatic heterocycles. The predicted molar refractivity (Wildman–Crippen MR) is 246 cm³/mol. The molecule has 4 heterocycles. The topological polar surface area (TPSA) is 27.7 Å². The Labute approximate surface area is 341 Å². The van der Waals surface area contributed by atoms with Crippen molar-refractivity contribution in [1.29, 1.82) is 0 Å². The minimum absolute atomic E-state index is 0.931.